The van der Waals surface area contributed by atoms with Crippen LogP contribution in [0.15, 0.2) is 22.7 Å². The van der Waals surface area contributed by atoms with Crippen LogP contribution >= 0.6 is 28.1 Å². The van der Waals surface area contributed by atoms with E-state index in [1.54, 1.807) is 18.2 Å². The second-order valence-electron chi connectivity index (χ2n) is 2.99. The second kappa shape index (κ2) is 5.81. The van der Waals surface area contributed by atoms with E-state index in [1.807, 2.05) is 0 Å². The molecule has 0 saturated carbocycles. The molecule has 16 heavy (non-hydrogen) atoms. The summed E-state index contributed by atoms with van der Waals surface area (Å²) in [6, 6.07) is 5.38. The van der Waals surface area contributed by atoms with E-state index in [1.165, 1.54) is 7.11 Å². The largest absolute Gasteiger partial charge is 0.468 e. The minimum atomic E-state index is -0.324. The smallest absolute Gasteiger partial charge is 0.325 e. The fourth-order valence-corrected chi connectivity index (χ4v) is 1.97. The molecule has 6 heteroatoms. The number of ether oxygens (including phenoxy) is 1. The van der Waals surface area contributed by atoms with E-state index in [4.69, 9.17) is 18.0 Å². The number of esters is 1. The Morgan fingerprint density at radius 3 is 2.81 bits per heavy atom. The first-order valence-electron chi connectivity index (χ1n) is 4.44. The van der Waals surface area contributed by atoms with Crippen LogP contribution < -0.4 is 11.1 Å². The minimum absolute atomic E-state index is 0.120. The van der Waals surface area contributed by atoms with Crippen LogP contribution in [0.5, 0.6) is 0 Å². The first-order valence-corrected chi connectivity index (χ1v) is 5.64. The summed E-state index contributed by atoms with van der Waals surface area (Å²) in [7, 11) is 1.34. The van der Waals surface area contributed by atoms with Gasteiger partial charge in [0.25, 0.3) is 0 Å². The summed E-state index contributed by atoms with van der Waals surface area (Å²) in [5, 5.41) is 2.91. The van der Waals surface area contributed by atoms with Crippen molar-refractivity contribution in [1.29, 1.82) is 0 Å². The molecule has 0 saturated heterocycles. The molecule has 0 radical (unpaired) electrons. The van der Waals surface area contributed by atoms with Gasteiger partial charge in [0.2, 0.25) is 0 Å². The molecule has 0 spiro atoms. The Morgan fingerprint density at radius 2 is 2.31 bits per heavy atom. The molecule has 4 nitrogen and oxygen atoms in total. The number of halogens is 1. The molecule has 0 amide bonds. The van der Waals surface area contributed by atoms with Gasteiger partial charge in [-0.3, -0.25) is 4.79 Å². The van der Waals surface area contributed by atoms with Crippen molar-refractivity contribution in [3.8, 4) is 0 Å². The zero-order chi connectivity index (χ0) is 12.1. The number of nitrogens with one attached hydrogen (secondary N) is 1. The Labute approximate surface area is 107 Å². The van der Waals surface area contributed by atoms with E-state index in [2.05, 4.69) is 26.0 Å². The zero-order valence-electron chi connectivity index (χ0n) is 8.62. The monoisotopic (exact) mass is 302 g/mol. The van der Waals surface area contributed by atoms with Gasteiger partial charge in [-0.1, -0.05) is 12.2 Å². The Hall–Kier alpha value is -1.14. The van der Waals surface area contributed by atoms with Gasteiger partial charge in [-0.2, -0.15) is 0 Å². The van der Waals surface area contributed by atoms with Gasteiger partial charge in [0.1, 0.15) is 11.5 Å². The number of carbonyl (C=O) groups is 1. The molecule has 86 valence electrons. The highest BCUT2D eigenvalue weighted by molar-refractivity contribution is 9.10. The predicted molar refractivity (Wildman–Crippen MR) is 70.5 cm³/mol. The number of hydrogen-bond acceptors (Lipinski definition) is 4. The molecule has 1 aromatic carbocycles. The summed E-state index contributed by atoms with van der Waals surface area (Å²) in [6.45, 7) is 0.120. The van der Waals surface area contributed by atoms with E-state index in [0.29, 0.717) is 4.99 Å². The number of benzene rings is 1. The SMILES string of the molecule is COC(=O)CNc1ccc(C(N)=S)c(Br)c1. The number of anilines is 1. The van der Waals surface area contributed by atoms with E-state index in [0.717, 1.165) is 15.7 Å². The molecular formula is C10H11BrN2O2S. The minimum Gasteiger partial charge on any atom is -0.468 e. The fourth-order valence-electron chi connectivity index (χ4n) is 1.07. The standard InChI is InChI=1S/C10H11BrN2O2S/c1-15-9(14)5-13-6-2-3-7(10(12)16)8(11)4-6/h2-4,13H,5H2,1H3,(H2,12,16). The van der Waals surface area contributed by atoms with Gasteiger partial charge in [0.05, 0.1) is 7.11 Å². The van der Waals surface area contributed by atoms with Crippen LogP contribution in [0.4, 0.5) is 5.69 Å². The molecule has 1 aromatic rings. The Bertz CT molecular complexity index is 423. The molecule has 0 heterocycles. The molecule has 0 unspecified atom stereocenters. The quantitative estimate of drug-likeness (QED) is 0.654. The normalized spacial score (nSPS) is 9.62. The predicted octanol–water partition coefficient (Wildman–Crippen LogP) is 1.67. The maximum Gasteiger partial charge on any atom is 0.325 e. The van der Waals surface area contributed by atoms with Crippen molar-refractivity contribution in [3.63, 3.8) is 0 Å². The fraction of sp³-hybridized carbons (Fsp3) is 0.200. The van der Waals surface area contributed by atoms with Crippen LogP contribution in [-0.2, 0) is 9.53 Å². The molecule has 3 N–H and O–H groups in total. The highest BCUT2D eigenvalue weighted by Crippen LogP contribution is 2.21. The lowest BCUT2D eigenvalue weighted by Crippen LogP contribution is -2.15. The van der Waals surface area contributed by atoms with E-state index >= 15 is 0 Å². The molecule has 0 aliphatic rings. The summed E-state index contributed by atoms with van der Waals surface area (Å²) in [6.07, 6.45) is 0. The van der Waals surface area contributed by atoms with Crippen molar-refractivity contribution in [3.05, 3.63) is 28.2 Å². The molecule has 0 atom stereocenters. The first kappa shape index (κ1) is 12.9. The van der Waals surface area contributed by atoms with E-state index in [9.17, 15) is 4.79 Å². The third-order valence-electron chi connectivity index (χ3n) is 1.90. The molecule has 0 bridgehead atoms. The number of thiocarbonyl (C=S) groups is 1. The molecule has 0 aliphatic heterocycles. The van der Waals surface area contributed by atoms with Gasteiger partial charge in [0, 0.05) is 15.7 Å². The highest BCUT2D eigenvalue weighted by atomic mass is 79.9. The summed E-state index contributed by atoms with van der Waals surface area (Å²) in [5.74, 6) is -0.324. The van der Waals surface area contributed by atoms with Crippen LogP contribution in [0.3, 0.4) is 0 Å². The summed E-state index contributed by atoms with van der Waals surface area (Å²) in [5.41, 5.74) is 7.07. The van der Waals surface area contributed by atoms with Gasteiger partial charge in [-0.15, -0.1) is 0 Å². The maximum atomic E-state index is 10.9. The third kappa shape index (κ3) is 3.46. The maximum absolute atomic E-state index is 10.9. The number of nitrogens with two attached hydrogens (primary N) is 1. The van der Waals surface area contributed by atoms with Gasteiger partial charge in [0.15, 0.2) is 0 Å². The molecule has 0 aliphatic carbocycles. The average Bonchev–Trinajstić information content (AvgIpc) is 2.25. The van der Waals surface area contributed by atoms with Crippen molar-refractivity contribution >= 4 is 44.8 Å². The topological polar surface area (TPSA) is 64.3 Å². The van der Waals surface area contributed by atoms with Crippen LogP contribution in [0, 0.1) is 0 Å². The zero-order valence-corrected chi connectivity index (χ0v) is 11.0. The number of hydrogen-bond donors (Lipinski definition) is 2. The molecular weight excluding hydrogens is 292 g/mol. The summed E-state index contributed by atoms with van der Waals surface area (Å²) in [4.78, 5) is 11.2. The van der Waals surface area contributed by atoms with Crippen LogP contribution in [0.1, 0.15) is 5.56 Å². The highest BCUT2D eigenvalue weighted by Gasteiger charge is 2.05. The second-order valence-corrected chi connectivity index (χ2v) is 4.28. The molecule has 0 fully saturated rings. The van der Waals surface area contributed by atoms with Crippen molar-refractivity contribution in [1.82, 2.24) is 0 Å². The van der Waals surface area contributed by atoms with Crippen LogP contribution in [0.2, 0.25) is 0 Å². The van der Waals surface area contributed by atoms with Gasteiger partial charge in [-0.05, 0) is 34.1 Å². The number of carbonyl (C=O) groups excluding carboxylic acids is 1. The first-order chi connectivity index (χ1) is 7.54. The third-order valence-corrected chi connectivity index (χ3v) is 2.78. The summed E-state index contributed by atoms with van der Waals surface area (Å²) < 4.78 is 5.30. The van der Waals surface area contributed by atoms with Crippen molar-refractivity contribution in [2.75, 3.05) is 19.0 Å². The van der Waals surface area contributed by atoms with Crippen molar-refractivity contribution in [2.24, 2.45) is 5.73 Å². The number of methoxy groups -OCH3 is 1. The van der Waals surface area contributed by atoms with E-state index < -0.39 is 0 Å². The van der Waals surface area contributed by atoms with Crippen molar-refractivity contribution in [2.45, 2.75) is 0 Å². The summed E-state index contributed by atoms with van der Waals surface area (Å²) >= 11 is 8.22. The lowest BCUT2D eigenvalue weighted by atomic mass is 10.2. The van der Waals surface area contributed by atoms with Crippen molar-refractivity contribution < 1.29 is 9.53 Å². The lowest BCUT2D eigenvalue weighted by molar-refractivity contribution is -0.138. The Kier molecular flexibility index (Phi) is 4.70. The van der Waals surface area contributed by atoms with E-state index in [-0.39, 0.29) is 12.5 Å². The Balaban J connectivity index is 2.74. The lowest BCUT2D eigenvalue weighted by Gasteiger charge is -2.07. The average molecular weight is 303 g/mol. The number of rotatable bonds is 4. The molecule has 1 rings (SSSR count). The molecule has 0 aromatic heterocycles. The Morgan fingerprint density at radius 1 is 1.62 bits per heavy atom. The van der Waals surface area contributed by atoms with Crippen LogP contribution in [-0.4, -0.2) is 24.6 Å². The van der Waals surface area contributed by atoms with Gasteiger partial charge < -0.3 is 15.8 Å². The van der Waals surface area contributed by atoms with Crippen LogP contribution in [0.25, 0.3) is 0 Å². The van der Waals surface area contributed by atoms with Gasteiger partial charge in [-0.25, -0.2) is 0 Å². The van der Waals surface area contributed by atoms with Gasteiger partial charge >= 0.3 is 5.97 Å².